The average molecular weight is 335 g/mol. The van der Waals surface area contributed by atoms with E-state index >= 15 is 0 Å². The second-order valence-corrected chi connectivity index (χ2v) is 6.12. The molecule has 0 saturated carbocycles. The molecule has 84 valence electrons. The molecule has 0 aliphatic rings. The maximum atomic E-state index is 5.02. The van der Waals surface area contributed by atoms with Crippen LogP contribution in [0.4, 0.5) is 5.69 Å². The summed E-state index contributed by atoms with van der Waals surface area (Å²) in [6.45, 7) is 0. The van der Waals surface area contributed by atoms with Crippen LogP contribution < -0.4 is 31.8 Å². The zero-order valence-electron chi connectivity index (χ0n) is 9.01. The number of anilines is 1. The van der Waals surface area contributed by atoms with Crippen molar-refractivity contribution in [2.45, 2.75) is 6.42 Å². The SMILES string of the molecule is CNC(=S)Nc1ccc(CC[I-]C)cc1. The van der Waals surface area contributed by atoms with Gasteiger partial charge in [-0.15, -0.1) is 0 Å². The molecule has 1 aromatic carbocycles. The van der Waals surface area contributed by atoms with Gasteiger partial charge in [0.25, 0.3) is 0 Å². The van der Waals surface area contributed by atoms with E-state index in [0.717, 1.165) is 5.69 Å². The van der Waals surface area contributed by atoms with E-state index in [4.69, 9.17) is 12.2 Å². The summed E-state index contributed by atoms with van der Waals surface area (Å²) < 4.78 is 1.36. The first-order valence-electron chi connectivity index (χ1n) is 4.77. The van der Waals surface area contributed by atoms with Crippen LogP contribution in [0, 0.1) is 0 Å². The van der Waals surface area contributed by atoms with Crippen LogP contribution in [0.3, 0.4) is 0 Å². The molecule has 1 rings (SSSR count). The molecule has 0 bridgehead atoms. The summed E-state index contributed by atoms with van der Waals surface area (Å²) in [5, 5.41) is 6.64. The van der Waals surface area contributed by atoms with Crippen LogP contribution in [0.5, 0.6) is 0 Å². The molecule has 0 unspecified atom stereocenters. The molecule has 0 atom stereocenters. The van der Waals surface area contributed by atoms with E-state index in [1.54, 1.807) is 0 Å². The predicted molar refractivity (Wildman–Crippen MR) is 66.2 cm³/mol. The Balaban J connectivity index is 2.52. The van der Waals surface area contributed by atoms with Gasteiger partial charge >= 0.3 is 108 Å². The Morgan fingerprint density at radius 2 is 2.00 bits per heavy atom. The first-order valence-corrected chi connectivity index (χ1v) is 8.87. The normalized spacial score (nSPS) is 10.0. The maximum absolute atomic E-state index is 5.02. The van der Waals surface area contributed by atoms with Gasteiger partial charge < -0.3 is 0 Å². The molecule has 15 heavy (non-hydrogen) atoms. The minimum atomic E-state index is 0.410. The van der Waals surface area contributed by atoms with Crippen molar-refractivity contribution in [1.82, 2.24) is 5.32 Å². The van der Waals surface area contributed by atoms with Gasteiger partial charge in [-0.3, -0.25) is 0 Å². The van der Waals surface area contributed by atoms with Gasteiger partial charge in [0, 0.05) is 0 Å². The van der Waals surface area contributed by atoms with Crippen molar-refractivity contribution in [1.29, 1.82) is 0 Å². The van der Waals surface area contributed by atoms with Crippen LogP contribution in [-0.2, 0) is 6.42 Å². The van der Waals surface area contributed by atoms with Crippen LogP contribution in [0.2, 0.25) is 0 Å². The van der Waals surface area contributed by atoms with Gasteiger partial charge in [-0.2, -0.15) is 0 Å². The van der Waals surface area contributed by atoms with Gasteiger partial charge in [0.05, 0.1) is 0 Å². The monoisotopic (exact) mass is 335 g/mol. The quantitative estimate of drug-likeness (QED) is 0.414. The van der Waals surface area contributed by atoms with Gasteiger partial charge in [-0.1, -0.05) is 0 Å². The molecule has 0 saturated heterocycles. The van der Waals surface area contributed by atoms with Crippen molar-refractivity contribution >= 4 is 23.0 Å². The number of hydrogen-bond donors (Lipinski definition) is 2. The number of aryl methyl sites for hydroxylation is 1. The zero-order chi connectivity index (χ0) is 11.1. The molecule has 0 amide bonds. The van der Waals surface area contributed by atoms with Gasteiger partial charge in [0.2, 0.25) is 0 Å². The third kappa shape index (κ3) is 4.79. The Bertz CT molecular complexity index is 311. The molecule has 4 heteroatoms. The Labute approximate surface area is 107 Å². The topological polar surface area (TPSA) is 24.1 Å². The molecule has 0 heterocycles. The number of rotatable bonds is 4. The Morgan fingerprint density at radius 1 is 1.33 bits per heavy atom. The van der Waals surface area contributed by atoms with E-state index in [0.29, 0.717) is 26.3 Å². The summed E-state index contributed by atoms with van der Waals surface area (Å²) in [4.78, 5) is 2.32. The van der Waals surface area contributed by atoms with Crippen LogP contribution in [0.1, 0.15) is 5.56 Å². The van der Waals surface area contributed by atoms with E-state index in [1.807, 2.05) is 7.05 Å². The molecule has 0 spiro atoms. The summed E-state index contributed by atoms with van der Waals surface area (Å²) in [6.07, 6.45) is 1.21. The van der Waals surface area contributed by atoms with Gasteiger partial charge in [0.1, 0.15) is 0 Å². The first kappa shape index (κ1) is 12.7. The molecule has 2 nitrogen and oxygen atoms in total. The number of nitrogens with one attached hydrogen (secondary N) is 2. The van der Waals surface area contributed by atoms with Gasteiger partial charge in [-0.05, 0) is 0 Å². The van der Waals surface area contributed by atoms with Crippen molar-refractivity contribution in [3.05, 3.63) is 29.8 Å². The molecule has 0 aliphatic heterocycles. The fourth-order valence-corrected chi connectivity index (χ4v) is 2.43. The van der Waals surface area contributed by atoms with E-state index in [-0.39, 0.29) is 0 Å². The molecule has 0 aromatic heterocycles. The Hall–Kier alpha value is -0.360. The number of hydrogen-bond acceptors (Lipinski definition) is 1. The number of halogens is 1. The summed E-state index contributed by atoms with van der Waals surface area (Å²) in [7, 11) is 1.81. The fraction of sp³-hybridized carbons (Fsp3) is 0.364. The van der Waals surface area contributed by atoms with Crippen molar-refractivity contribution in [3.8, 4) is 0 Å². The molecular formula is C11H16IN2S-. The third-order valence-corrected chi connectivity index (χ3v) is 3.94. The molecule has 0 aliphatic carbocycles. The average Bonchev–Trinajstić information content (AvgIpc) is 2.28. The summed E-state index contributed by atoms with van der Waals surface area (Å²) in [5.41, 5.74) is 2.46. The van der Waals surface area contributed by atoms with E-state index in [2.05, 4.69) is 39.8 Å². The Kier molecular flexibility index (Phi) is 5.93. The molecule has 0 fully saturated rings. The fourth-order valence-electron chi connectivity index (χ4n) is 1.15. The number of thiocarbonyl (C=S) groups is 1. The summed E-state index contributed by atoms with van der Waals surface area (Å²) >= 11 is 5.43. The summed E-state index contributed by atoms with van der Waals surface area (Å²) in [5.74, 6) is 0. The van der Waals surface area contributed by atoms with E-state index in [1.165, 1.54) is 16.4 Å². The first-order chi connectivity index (χ1) is 7.26. The minimum absolute atomic E-state index is 0.410. The second kappa shape index (κ2) is 7.00. The van der Waals surface area contributed by atoms with Gasteiger partial charge in [-0.25, -0.2) is 0 Å². The number of alkyl halides is 2. The molecule has 1 aromatic rings. The number of benzene rings is 1. The van der Waals surface area contributed by atoms with E-state index in [9.17, 15) is 0 Å². The van der Waals surface area contributed by atoms with Gasteiger partial charge in [0.15, 0.2) is 0 Å². The van der Waals surface area contributed by atoms with Crippen molar-refractivity contribution < 1.29 is 21.2 Å². The van der Waals surface area contributed by atoms with Crippen LogP contribution in [-0.4, -0.2) is 21.5 Å². The molecule has 0 radical (unpaired) electrons. The van der Waals surface area contributed by atoms with Crippen LogP contribution in [0.25, 0.3) is 0 Å². The van der Waals surface area contributed by atoms with Crippen LogP contribution in [0.15, 0.2) is 24.3 Å². The zero-order valence-corrected chi connectivity index (χ0v) is 12.0. The third-order valence-electron chi connectivity index (χ3n) is 2.01. The molecule has 2 N–H and O–H groups in total. The standard InChI is InChI=1S/C11H16IN2S/c1-12-8-7-9-3-5-10(6-4-9)14-11(15)13-2/h3-6H,7-8H2,1-2H3,(H2,13,14,15)/q-1. The van der Waals surface area contributed by atoms with Crippen molar-refractivity contribution in [2.24, 2.45) is 0 Å². The van der Waals surface area contributed by atoms with Crippen molar-refractivity contribution in [3.63, 3.8) is 0 Å². The predicted octanol–water partition coefficient (Wildman–Crippen LogP) is -1.14. The Morgan fingerprint density at radius 3 is 2.53 bits per heavy atom. The van der Waals surface area contributed by atoms with E-state index < -0.39 is 0 Å². The summed E-state index contributed by atoms with van der Waals surface area (Å²) in [6, 6.07) is 8.49. The van der Waals surface area contributed by atoms with Crippen LogP contribution >= 0.6 is 12.2 Å². The second-order valence-electron chi connectivity index (χ2n) is 3.11. The molecular weight excluding hydrogens is 319 g/mol. The van der Waals surface area contributed by atoms with Crippen molar-refractivity contribution in [2.75, 3.05) is 21.7 Å².